The molecule has 2 aromatic carbocycles. The number of aromatic nitrogens is 4. The Balaban J connectivity index is 1.84. The van der Waals surface area contributed by atoms with Crippen LogP contribution in [0, 0.1) is 0 Å². The molecule has 0 atom stereocenters. The fourth-order valence-corrected chi connectivity index (χ4v) is 2.85. The summed E-state index contributed by atoms with van der Waals surface area (Å²) in [6, 6.07) is 18.5. The molecule has 0 N–H and O–H groups in total. The molecule has 124 valence electrons. The van der Waals surface area contributed by atoms with Crippen molar-refractivity contribution in [2.24, 2.45) is 0 Å². The van der Waals surface area contributed by atoms with Gasteiger partial charge in [-0.25, -0.2) is 19.9 Å². The number of hydrogen-bond donors (Lipinski definition) is 0. The van der Waals surface area contributed by atoms with E-state index >= 15 is 0 Å². The van der Waals surface area contributed by atoms with Crippen molar-refractivity contribution in [2.45, 2.75) is 0 Å². The van der Waals surface area contributed by atoms with E-state index in [0.717, 1.165) is 11.1 Å². The standard InChI is InChI=1S/C21H14N4O/c26-21(17-7-3-1-5-15(17)19-9-11-22-13-24-19)18-8-4-2-6-16(18)20-10-12-23-14-25-20/h1-14H. The van der Waals surface area contributed by atoms with Crippen molar-refractivity contribution in [2.75, 3.05) is 0 Å². The highest BCUT2D eigenvalue weighted by molar-refractivity contribution is 6.15. The lowest BCUT2D eigenvalue weighted by molar-refractivity contribution is 0.104. The zero-order valence-corrected chi connectivity index (χ0v) is 13.8. The van der Waals surface area contributed by atoms with Crippen molar-refractivity contribution in [3.63, 3.8) is 0 Å². The summed E-state index contributed by atoms with van der Waals surface area (Å²) in [6.45, 7) is 0. The summed E-state index contributed by atoms with van der Waals surface area (Å²) in [7, 11) is 0. The molecule has 0 unspecified atom stereocenters. The van der Waals surface area contributed by atoms with Crippen LogP contribution in [-0.2, 0) is 0 Å². The molecule has 0 saturated carbocycles. The van der Waals surface area contributed by atoms with Gasteiger partial charge in [0.25, 0.3) is 0 Å². The van der Waals surface area contributed by atoms with Crippen LogP contribution in [0.4, 0.5) is 0 Å². The van der Waals surface area contributed by atoms with Crippen molar-refractivity contribution in [1.82, 2.24) is 19.9 Å². The molecule has 0 spiro atoms. The minimum absolute atomic E-state index is 0.0755. The van der Waals surface area contributed by atoms with Gasteiger partial charge in [-0.15, -0.1) is 0 Å². The van der Waals surface area contributed by atoms with Gasteiger partial charge in [0.05, 0.1) is 11.4 Å². The number of rotatable bonds is 4. The Kier molecular flexibility index (Phi) is 4.26. The fourth-order valence-electron chi connectivity index (χ4n) is 2.85. The highest BCUT2D eigenvalue weighted by Crippen LogP contribution is 2.28. The minimum atomic E-state index is -0.0755. The number of nitrogens with zero attached hydrogens (tertiary/aromatic N) is 4. The van der Waals surface area contributed by atoms with Gasteiger partial charge in [0.1, 0.15) is 12.7 Å². The molecule has 2 aromatic heterocycles. The molecule has 0 saturated heterocycles. The Bertz CT molecular complexity index is 965. The van der Waals surface area contributed by atoms with Crippen molar-refractivity contribution in [1.29, 1.82) is 0 Å². The lowest BCUT2D eigenvalue weighted by atomic mass is 9.92. The Hall–Kier alpha value is -3.73. The van der Waals surface area contributed by atoms with E-state index < -0.39 is 0 Å². The maximum Gasteiger partial charge on any atom is 0.194 e. The van der Waals surface area contributed by atoms with Crippen molar-refractivity contribution >= 4 is 5.78 Å². The highest BCUT2D eigenvalue weighted by atomic mass is 16.1. The Morgan fingerprint density at radius 2 is 1.08 bits per heavy atom. The van der Waals surface area contributed by atoms with E-state index in [9.17, 15) is 4.79 Å². The first kappa shape index (κ1) is 15.8. The zero-order chi connectivity index (χ0) is 17.8. The molecule has 26 heavy (non-hydrogen) atoms. The molecule has 4 rings (SSSR count). The summed E-state index contributed by atoms with van der Waals surface area (Å²) in [5.41, 5.74) is 4.15. The fraction of sp³-hybridized carbons (Fsp3) is 0. The van der Waals surface area contributed by atoms with Gasteiger partial charge < -0.3 is 0 Å². The molecule has 5 heteroatoms. The zero-order valence-electron chi connectivity index (χ0n) is 13.8. The monoisotopic (exact) mass is 338 g/mol. The third-order valence-corrected chi connectivity index (χ3v) is 4.06. The van der Waals surface area contributed by atoms with Crippen molar-refractivity contribution in [3.05, 3.63) is 96.8 Å². The predicted octanol–water partition coefficient (Wildman–Crippen LogP) is 3.83. The second-order valence-corrected chi connectivity index (χ2v) is 5.61. The number of ketones is 1. The molecule has 0 bridgehead atoms. The summed E-state index contributed by atoms with van der Waals surface area (Å²) in [4.78, 5) is 29.8. The van der Waals surface area contributed by atoms with Crippen LogP contribution in [0.1, 0.15) is 15.9 Å². The van der Waals surface area contributed by atoms with E-state index in [1.807, 2.05) is 48.5 Å². The Morgan fingerprint density at radius 1 is 0.615 bits per heavy atom. The molecule has 0 aliphatic heterocycles. The lowest BCUT2D eigenvalue weighted by Gasteiger charge is -2.11. The van der Waals surface area contributed by atoms with Gasteiger partial charge in [0.2, 0.25) is 0 Å². The Labute approximate surface area is 150 Å². The van der Waals surface area contributed by atoms with Crippen LogP contribution in [0.2, 0.25) is 0 Å². The van der Waals surface area contributed by atoms with Gasteiger partial charge in [-0.3, -0.25) is 4.79 Å². The average Bonchev–Trinajstić information content (AvgIpc) is 2.74. The SMILES string of the molecule is O=C(c1ccccc1-c1ccncn1)c1ccccc1-c1ccncn1. The van der Waals surface area contributed by atoms with E-state index in [1.165, 1.54) is 12.7 Å². The number of carbonyl (C=O) groups excluding carboxylic acids is 1. The summed E-state index contributed by atoms with van der Waals surface area (Å²) < 4.78 is 0. The number of benzene rings is 2. The first-order valence-electron chi connectivity index (χ1n) is 8.10. The molecule has 0 radical (unpaired) electrons. The minimum Gasteiger partial charge on any atom is -0.289 e. The van der Waals surface area contributed by atoms with E-state index in [-0.39, 0.29) is 5.78 Å². The lowest BCUT2D eigenvalue weighted by Crippen LogP contribution is -2.06. The van der Waals surface area contributed by atoms with Gasteiger partial charge in [0.15, 0.2) is 5.78 Å². The summed E-state index contributed by atoms with van der Waals surface area (Å²) in [6.07, 6.45) is 6.29. The van der Waals surface area contributed by atoms with Crippen LogP contribution in [0.5, 0.6) is 0 Å². The molecule has 0 aliphatic carbocycles. The number of carbonyl (C=O) groups is 1. The van der Waals surface area contributed by atoms with Crippen LogP contribution < -0.4 is 0 Å². The maximum atomic E-state index is 13.3. The van der Waals surface area contributed by atoms with Gasteiger partial charge >= 0.3 is 0 Å². The normalized spacial score (nSPS) is 10.5. The maximum absolute atomic E-state index is 13.3. The predicted molar refractivity (Wildman–Crippen MR) is 98.4 cm³/mol. The molecular formula is C21H14N4O. The van der Waals surface area contributed by atoms with E-state index in [0.29, 0.717) is 22.5 Å². The van der Waals surface area contributed by atoms with E-state index in [2.05, 4.69) is 19.9 Å². The molecule has 0 aliphatic rings. The molecular weight excluding hydrogens is 324 g/mol. The second-order valence-electron chi connectivity index (χ2n) is 5.61. The van der Waals surface area contributed by atoms with Gasteiger partial charge in [-0.2, -0.15) is 0 Å². The van der Waals surface area contributed by atoms with Gasteiger partial charge in [-0.1, -0.05) is 48.5 Å². The quantitative estimate of drug-likeness (QED) is 0.529. The third-order valence-electron chi connectivity index (χ3n) is 4.06. The van der Waals surface area contributed by atoms with Crippen LogP contribution >= 0.6 is 0 Å². The van der Waals surface area contributed by atoms with Crippen molar-refractivity contribution < 1.29 is 4.79 Å². The summed E-state index contributed by atoms with van der Waals surface area (Å²) in [5.74, 6) is -0.0755. The smallest absolute Gasteiger partial charge is 0.194 e. The highest BCUT2D eigenvalue weighted by Gasteiger charge is 2.18. The molecule has 0 amide bonds. The van der Waals surface area contributed by atoms with Crippen LogP contribution in [0.3, 0.4) is 0 Å². The van der Waals surface area contributed by atoms with Gasteiger partial charge in [0, 0.05) is 34.6 Å². The van der Waals surface area contributed by atoms with Crippen molar-refractivity contribution in [3.8, 4) is 22.5 Å². The first-order chi connectivity index (χ1) is 12.8. The van der Waals surface area contributed by atoms with E-state index in [4.69, 9.17) is 0 Å². The topological polar surface area (TPSA) is 68.6 Å². The third kappa shape index (κ3) is 2.98. The molecule has 2 heterocycles. The van der Waals surface area contributed by atoms with E-state index in [1.54, 1.807) is 24.5 Å². The van der Waals surface area contributed by atoms with Crippen LogP contribution in [-0.4, -0.2) is 25.7 Å². The largest absolute Gasteiger partial charge is 0.289 e. The molecule has 5 nitrogen and oxygen atoms in total. The van der Waals surface area contributed by atoms with Crippen LogP contribution in [0.25, 0.3) is 22.5 Å². The van der Waals surface area contributed by atoms with Gasteiger partial charge in [-0.05, 0) is 12.1 Å². The molecule has 0 fully saturated rings. The average molecular weight is 338 g/mol. The second kappa shape index (κ2) is 7.03. The molecule has 4 aromatic rings. The summed E-state index contributed by atoms with van der Waals surface area (Å²) >= 11 is 0. The number of hydrogen-bond acceptors (Lipinski definition) is 5. The van der Waals surface area contributed by atoms with Crippen LogP contribution in [0.15, 0.2) is 85.7 Å². The summed E-state index contributed by atoms with van der Waals surface area (Å²) in [5, 5.41) is 0. The Morgan fingerprint density at radius 3 is 1.50 bits per heavy atom. The first-order valence-corrected chi connectivity index (χ1v) is 8.10.